The van der Waals surface area contributed by atoms with E-state index in [4.69, 9.17) is 16.3 Å². The molecule has 0 spiro atoms. The summed E-state index contributed by atoms with van der Waals surface area (Å²) < 4.78 is 4.82. The summed E-state index contributed by atoms with van der Waals surface area (Å²) >= 11 is 7.44. The summed E-state index contributed by atoms with van der Waals surface area (Å²) in [7, 11) is 1.64. The van der Waals surface area contributed by atoms with Gasteiger partial charge in [0.05, 0.1) is 17.4 Å². The minimum Gasteiger partial charge on any atom is -0.383 e. The van der Waals surface area contributed by atoms with E-state index in [1.165, 1.54) is 0 Å². The highest BCUT2D eigenvalue weighted by molar-refractivity contribution is 8.01. The van der Waals surface area contributed by atoms with Gasteiger partial charge in [0.25, 0.3) is 0 Å². The topological polar surface area (TPSA) is 38.3 Å². The van der Waals surface area contributed by atoms with Gasteiger partial charge in [-0.25, -0.2) is 0 Å². The molecule has 0 saturated carbocycles. The first kappa shape index (κ1) is 14.1. The van der Waals surface area contributed by atoms with Crippen LogP contribution in [0.5, 0.6) is 0 Å². The number of methoxy groups -OCH3 is 1. The minimum absolute atomic E-state index is 0.0352. The number of nitrogens with one attached hydrogen (secondary N) is 1. The van der Waals surface area contributed by atoms with Crippen LogP contribution in [0.4, 0.5) is 0 Å². The number of ether oxygens (including phenoxy) is 1. The van der Waals surface area contributed by atoms with Gasteiger partial charge in [-0.1, -0.05) is 0 Å². The predicted molar refractivity (Wildman–Crippen MR) is 69.2 cm³/mol. The summed E-state index contributed by atoms with van der Waals surface area (Å²) in [6.07, 6.45) is 2.84. The van der Waals surface area contributed by atoms with Gasteiger partial charge < -0.3 is 10.1 Å². The second kappa shape index (κ2) is 6.72. The summed E-state index contributed by atoms with van der Waals surface area (Å²) in [5.41, 5.74) is 0. The fourth-order valence-corrected chi connectivity index (χ4v) is 3.31. The van der Waals surface area contributed by atoms with E-state index in [1.807, 2.05) is 6.92 Å². The molecule has 0 radical (unpaired) electrons. The lowest BCUT2D eigenvalue weighted by molar-refractivity contribution is -0.124. The molecule has 1 rings (SSSR count). The van der Waals surface area contributed by atoms with E-state index >= 15 is 0 Å². The summed E-state index contributed by atoms with van der Waals surface area (Å²) in [6.45, 7) is 2.55. The molecule has 3 nitrogen and oxygen atoms in total. The highest BCUT2D eigenvalue weighted by Gasteiger charge is 2.37. The zero-order valence-electron chi connectivity index (χ0n) is 9.92. The van der Waals surface area contributed by atoms with Crippen LogP contribution in [0.2, 0.25) is 0 Å². The normalized spacial score (nSPS) is 26.7. The lowest BCUT2D eigenvalue weighted by atomic mass is 10.0. The molecule has 0 aromatic rings. The van der Waals surface area contributed by atoms with Crippen LogP contribution in [-0.4, -0.2) is 42.0 Å². The molecule has 16 heavy (non-hydrogen) atoms. The van der Waals surface area contributed by atoms with Crippen molar-refractivity contribution in [2.45, 2.75) is 37.0 Å². The van der Waals surface area contributed by atoms with Gasteiger partial charge in [0.15, 0.2) is 0 Å². The van der Waals surface area contributed by atoms with Crippen molar-refractivity contribution in [2.75, 3.05) is 25.3 Å². The van der Waals surface area contributed by atoms with Crippen molar-refractivity contribution in [1.29, 1.82) is 0 Å². The molecule has 1 saturated heterocycles. The van der Waals surface area contributed by atoms with Crippen LogP contribution in [0.15, 0.2) is 0 Å². The van der Waals surface area contributed by atoms with Gasteiger partial charge in [-0.15, -0.1) is 23.4 Å². The number of rotatable bonds is 6. The smallest absolute Gasteiger partial charge is 0.236 e. The number of hydrogen-bond acceptors (Lipinski definition) is 3. The van der Waals surface area contributed by atoms with Crippen molar-refractivity contribution < 1.29 is 9.53 Å². The fraction of sp³-hybridized carbons (Fsp3) is 0.909. The number of halogens is 1. The van der Waals surface area contributed by atoms with Gasteiger partial charge >= 0.3 is 0 Å². The van der Waals surface area contributed by atoms with Crippen LogP contribution in [0.25, 0.3) is 0 Å². The maximum atomic E-state index is 12.1. The first-order valence-corrected chi connectivity index (χ1v) is 7.14. The van der Waals surface area contributed by atoms with Crippen LogP contribution in [0.1, 0.15) is 26.2 Å². The quantitative estimate of drug-likeness (QED) is 0.747. The van der Waals surface area contributed by atoms with Crippen LogP contribution < -0.4 is 5.32 Å². The Balaban J connectivity index is 2.46. The van der Waals surface area contributed by atoms with E-state index < -0.39 is 0 Å². The van der Waals surface area contributed by atoms with E-state index in [2.05, 4.69) is 5.32 Å². The van der Waals surface area contributed by atoms with Gasteiger partial charge in [0, 0.05) is 13.0 Å². The highest BCUT2D eigenvalue weighted by atomic mass is 35.5. The number of hydrogen-bond donors (Lipinski definition) is 1. The summed E-state index contributed by atoms with van der Waals surface area (Å²) in [6, 6.07) is 0.0352. The molecule has 94 valence electrons. The molecule has 1 aliphatic heterocycles. The Kier molecular flexibility index (Phi) is 5.94. The molecule has 1 N–H and O–H groups in total. The zero-order valence-corrected chi connectivity index (χ0v) is 11.5. The summed E-state index contributed by atoms with van der Waals surface area (Å²) in [4.78, 5) is 12.1. The van der Waals surface area contributed by atoms with Gasteiger partial charge in [-0.3, -0.25) is 4.79 Å². The molecule has 2 unspecified atom stereocenters. The minimum atomic E-state index is -0.252. The molecule has 1 heterocycles. The van der Waals surface area contributed by atoms with E-state index in [0.717, 1.165) is 25.0 Å². The maximum Gasteiger partial charge on any atom is 0.236 e. The third-order valence-corrected chi connectivity index (χ3v) is 4.60. The Bertz CT molecular complexity index is 226. The predicted octanol–water partition coefficient (Wildman–Crippen LogP) is 2.03. The lowest BCUT2D eigenvalue weighted by Gasteiger charge is -2.25. The van der Waals surface area contributed by atoms with Crippen molar-refractivity contribution >= 4 is 29.3 Å². The Labute approximate surface area is 107 Å². The maximum absolute atomic E-state index is 12.1. The van der Waals surface area contributed by atoms with Gasteiger partial charge in [-0.05, 0) is 31.9 Å². The molecule has 0 bridgehead atoms. The number of carbonyl (C=O) groups excluding carboxylic acids is 1. The monoisotopic (exact) mass is 265 g/mol. The SMILES string of the molecule is COCC(CCCl)NC(=O)C1(C)CCCS1. The van der Waals surface area contributed by atoms with Crippen LogP contribution >= 0.6 is 23.4 Å². The Morgan fingerprint density at radius 1 is 1.69 bits per heavy atom. The molecule has 1 fully saturated rings. The number of thioether (sulfide) groups is 1. The zero-order chi connectivity index (χ0) is 12.0. The molecule has 2 atom stereocenters. The molecule has 5 heteroatoms. The first-order chi connectivity index (χ1) is 7.62. The average Bonchev–Trinajstić information content (AvgIpc) is 2.67. The third kappa shape index (κ3) is 3.82. The molecular weight excluding hydrogens is 246 g/mol. The third-order valence-electron chi connectivity index (χ3n) is 2.86. The Morgan fingerprint density at radius 3 is 2.94 bits per heavy atom. The number of amides is 1. The largest absolute Gasteiger partial charge is 0.383 e. The lowest BCUT2D eigenvalue weighted by Crippen LogP contribution is -2.47. The Hall–Kier alpha value is 0.0700. The molecular formula is C11H20ClNO2S. The van der Waals surface area contributed by atoms with Crippen molar-refractivity contribution in [2.24, 2.45) is 0 Å². The molecule has 1 aliphatic rings. The second-order valence-electron chi connectivity index (χ2n) is 4.29. The highest BCUT2D eigenvalue weighted by Crippen LogP contribution is 2.37. The molecule has 1 amide bonds. The van der Waals surface area contributed by atoms with Crippen LogP contribution in [0.3, 0.4) is 0 Å². The molecule has 0 aromatic carbocycles. The van der Waals surface area contributed by atoms with Crippen molar-refractivity contribution in [3.63, 3.8) is 0 Å². The summed E-state index contributed by atoms with van der Waals surface area (Å²) in [5.74, 6) is 1.74. The van der Waals surface area contributed by atoms with Crippen LogP contribution in [-0.2, 0) is 9.53 Å². The van der Waals surface area contributed by atoms with E-state index in [1.54, 1.807) is 18.9 Å². The van der Waals surface area contributed by atoms with Crippen molar-refractivity contribution in [1.82, 2.24) is 5.32 Å². The van der Waals surface area contributed by atoms with Crippen molar-refractivity contribution in [3.05, 3.63) is 0 Å². The Morgan fingerprint density at radius 2 is 2.44 bits per heavy atom. The van der Waals surface area contributed by atoms with Crippen molar-refractivity contribution in [3.8, 4) is 0 Å². The average molecular weight is 266 g/mol. The van der Waals surface area contributed by atoms with Crippen LogP contribution in [0, 0.1) is 0 Å². The molecule has 0 aliphatic carbocycles. The number of alkyl halides is 1. The summed E-state index contributed by atoms with van der Waals surface area (Å²) in [5, 5.41) is 3.03. The van der Waals surface area contributed by atoms with Gasteiger partial charge in [0.1, 0.15) is 0 Å². The molecule has 0 aromatic heterocycles. The number of carbonyl (C=O) groups is 1. The fourth-order valence-electron chi connectivity index (χ4n) is 1.83. The second-order valence-corrected chi connectivity index (χ2v) is 6.26. The van der Waals surface area contributed by atoms with E-state index in [9.17, 15) is 4.79 Å². The standard InChI is InChI=1S/C11H20ClNO2S/c1-11(5-3-7-16-11)10(14)13-9(4-6-12)8-15-2/h9H,3-8H2,1-2H3,(H,13,14). The van der Waals surface area contributed by atoms with Gasteiger partial charge in [-0.2, -0.15) is 0 Å². The first-order valence-electron chi connectivity index (χ1n) is 5.62. The van der Waals surface area contributed by atoms with Gasteiger partial charge in [0.2, 0.25) is 5.91 Å². The van der Waals surface area contributed by atoms with E-state index in [0.29, 0.717) is 12.5 Å². The van der Waals surface area contributed by atoms with E-state index in [-0.39, 0.29) is 16.7 Å².